The van der Waals surface area contributed by atoms with Crippen molar-refractivity contribution >= 4 is 29.1 Å². The second kappa shape index (κ2) is 8.19. The number of hydrogen-bond donors (Lipinski definition) is 2. The fourth-order valence-electron chi connectivity index (χ4n) is 3.03. The molecule has 136 valence electrons. The van der Waals surface area contributed by atoms with E-state index < -0.39 is 11.7 Å². The molecule has 0 aliphatic carbocycles. The predicted octanol–water partition coefficient (Wildman–Crippen LogP) is 2.62. The molecule has 1 aliphatic rings. The lowest BCUT2D eigenvalue weighted by molar-refractivity contribution is -0.127. The Morgan fingerprint density at radius 1 is 1.08 bits per heavy atom. The Morgan fingerprint density at radius 3 is 2.65 bits per heavy atom. The standard InChI is InChI=1S/C19H19ClFN3O2/c20-15-7-3-8-16(21)14(15)11-18(25)22-23-19(26)12-24-10-4-6-13-5-1-2-9-17(13)24/h1-3,5,7-9H,4,6,10-12H2,(H,22,25)(H,23,26). The number of aryl methyl sites for hydroxylation is 1. The quantitative estimate of drug-likeness (QED) is 0.807. The molecule has 0 spiro atoms. The van der Waals surface area contributed by atoms with Gasteiger partial charge in [0, 0.05) is 22.8 Å². The predicted molar refractivity (Wildman–Crippen MR) is 98.4 cm³/mol. The summed E-state index contributed by atoms with van der Waals surface area (Å²) < 4.78 is 13.7. The van der Waals surface area contributed by atoms with Crippen molar-refractivity contribution < 1.29 is 14.0 Å². The van der Waals surface area contributed by atoms with Gasteiger partial charge in [0.1, 0.15) is 5.82 Å². The van der Waals surface area contributed by atoms with Gasteiger partial charge in [-0.15, -0.1) is 0 Å². The summed E-state index contributed by atoms with van der Waals surface area (Å²) >= 11 is 5.90. The molecule has 1 heterocycles. The topological polar surface area (TPSA) is 61.4 Å². The van der Waals surface area contributed by atoms with Gasteiger partial charge in [0.2, 0.25) is 5.91 Å². The van der Waals surface area contributed by atoms with Crippen LogP contribution in [0.4, 0.5) is 10.1 Å². The van der Waals surface area contributed by atoms with E-state index in [1.54, 1.807) is 0 Å². The fraction of sp³-hybridized carbons (Fsp3) is 0.263. The zero-order chi connectivity index (χ0) is 18.5. The van der Waals surface area contributed by atoms with Crippen LogP contribution in [-0.2, 0) is 22.4 Å². The van der Waals surface area contributed by atoms with E-state index in [0.29, 0.717) is 0 Å². The van der Waals surface area contributed by atoms with E-state index in [0.717, 1.165) is 25.1 Å². The van der Waals surface area contributed by atoms with Crippen LogP contribution in [0.5, 0.6) is 0 Å². The lowest BCUT2D eigenvalue weighted by Gasteiger charge is -2.30. The maximum Gasteiger partial charge on any atom is 0.257 e. The molecule has 0 aromatic heterocycles. The third-order valence-electron chi connectivity index (χ3n) is 4.28. The summed E-state index contributed by atoms with van der Waals surface area (Å²) in [4.78, 5) is 26.1. The first-order valence-electron chi connectivity index (χ1n) is 8.38. The molecule has 1 aliphatic heterocycles. The summed E-state index contributed by atoms with van der Waals surface area (Å²) in [7, 11) is 0. The van der Waals surface area contributed by atoms with E-state index in [2.05, 4.69) is 16.9 Å². The molecule has 3 rings (SSSR count). The Balaban J connectivity index is 1.53. The molecule has 2 amide bonds. The normalized spacial score (nSPS) is 13.1. The number of nitrogens with zero attached hydrogens (tertiary/aromatic N) is 1. The summed E-state index contributed by atoms with van der Waals surface area (Å²) in [6.07, 6.45) is 1.72. The van der Waals surface area contributed by atoms with Crippen molar-refractivity contribution in [3.63, 3.8) is 0 Å². The van der Waals surface area contributed by atoms with Crippen molar-refractivity contribution in [2.45, 2.75) is 19.3 Å². The SMILES string of the molecule is O=C(Cc1c(F)cccc1Cl)NNC(=O)CN1CCCc2ccccc21. The van der Waals surface area contributed by atoms with Crippen molar-refractivity contribution in [1.82, 2.24) is 10.9 Å². The molecule has 0 saturated carbocycles. The number of rotatable bonds is 4. The Morgan fingerprint density at radius 2 is 1.85 bits per heavy atom. The summed E-state index contributed by atoms with van der Waals surface area (Å²) in [5, 5.41) is 0.177. The number of amides is 2. The van der Waals surface area contributed by atoms with Gasteiger partial charge >= 0.3 is 0 Å². The number of carbonyl (C=O) groups excluding carboxylic acids is 2. The van der Waals surface area contributed by atoms with Gasteiger partial charge in [-0.25, -0.2) is 4.39 Å². The number of para-hydroxylation sites is 1. The monoisotopic (exact) mass is 375 g/mol. The summed E-state index contributed by atoms with van der Waals surface area (Å²) in [5.74, 6) is -1.43. The summed E-state index contributed by atoms with van der Waals surface area (Å²) in [5.41, 5.74) is 7.04. The average molecular weight is 376 g/mol. The molecular weight excluding hydrogens is 357 g/mol. The fourth-order valence-corrected chi connectivity index (χ4v) is 3.26. The van der Waals surface area contributed by atoms with Crippen LogP contribution in [0, 0.1) is 5.82 Å². The molecule has 0 atom stereocenters. The maximum atomic E-state index is 13.7. The van der Waals surface area contributed by atoms with Gasteiger partial charge in [-0.1, -0.05) is 35.9 Å². The minimum absolute atomic E-state index is 0.103. The second-order valence-electron chi connectivity index (χ2n) is 6.13. The van der Waals surface area contributed by atoms with Gasteiger partial charge in [0.25, 0.3) is 5.91 Å². The molecule has 0 fully saturated rings. The maximum absolute atomic E-state index is 13.7. The van der Waals surface area contributed by atoms with E-state index in [9.17, 15) is 14.0 Å². The highest BCUT2D eigenvalue weighted by atomic mass is 35.5. The lowest BCUT2D eigenvalue weighted by Crippen LogP contribution is -2.47. The van der Waals surface area contributed by atoms with Gasteiger partial charge in [0.05, 0.1) is 13.0 Å². The zero-order valence-electron chi connectivity index (χ0n) is 14.1. The summed E-state index contributed by atoms with van der Waals surface area (Å²) in [6, 6.07) is 12.2. The van der Waals surface area contributed by atoms with Crippen LogP contribution in [0.25, 0.3) is 0 Å². The van der Waals surface area contributed by atoms with Crippen molar-refractivity contribution in [3.8, 4) is 0 Å². The number of fused-ring (bicyclic) bond motifs is 1. The van der Waals surface area contributed by atoms with Crippen LogP contribution in [0.3, 0.4) is 0 Å². The van der Waals surface area contributed by atoms with E-state index in [1.807, 2.05) is 23.1 Å². The highest BCUT2D eigenvalue weighted by molar-refractivity contribution is 6.31. The largest absolute Gasteiger partial charge is 0.362 e. The van der Waals surface area contributed by atoms with E-state index in [4.69, 9.17) is 11.6 Å². The number of hydrazine groups is 1. The first-order chi connectivity index (χ1) is 12.5. The van der Waals surface area contributed by atoms with E-state index >= 15 is 0 Å². The van der Waals surface area contributed by atoms with Crippen molar-refractivity contribution in [2.24, 2.45) is 0 Å². The Labute approximate surface area is 156 Å². The lowest BCUT2D eigenvalue weighted by atomic mass is 10.0. The minimum atomic E-state index is -0.552. The van der Waals surface area contributed by atoms with Crippen LogP contribution in [0.1, 0.15) is 17.5 Å². The van der Waals surface area contributed by atoms with Crippen molar-refractivity contribution in [1.29, 1.82) is 0 Å². The Kier molecular flexibility index (Phi) is 5.73. The molecular formula is C19H19ClFN3O2. The molecule has 2 aromatic carbocycles. The highest BCUT2D eigenvalue weighted by Gasteiger charge is 2.19. The molecule has 2 N–H and O–H groups in total. The smallest absolute Gasteiger partial charge is 0.257 e. The Hall–Kier alpha value is -2.60. The molecule has 0 bridgehead atoms. The molecule has 5 nitrogen and oxygen atoms in total. The van der Waals surface area contributed by atoms with E-state index in [-0.39, 0.29) is 29.5 Å². The number of nitrogens with one attached hydrogen (secondary N) is 2. The first-order valence-corrected chi connectivity index (χ1v) is 8.76. The number of carbonyl (C=O) groups is 2. The number of benzene rings is 2. The number of anilines is 1. The molecule has 26 heavy (non-hydrogen) atoms. The zero-order valence-corrected chi connectivity index (χ0v) is 14.9. The van der Waals surface area contributed by atoms with Gasteiger partial charge in [-0.2, -0.15) is 0 Å². The molecule has 7 heteroatoms. The second-order valence-corrected chi connectivity index (χ2v) is 6.53. The van der Waals surface area contributed by atoms with E-state index in [1.165, 1.54) is 23.8 Å². The third kappa shape index (κ3) is 4.32. The van der Waals surface area contributed by atoms with Crippen LogP contribution in [0.15, 0.2) is 42.5 Å². The van der Waals surface area contributed by atoms with Gasteiger partial charge < -0.3 is 4.90 Å². The van der Waals surface area contributed by atoms with Crippen molar-refractivity contribution in [2.75, 3.05) is 18.0 Å². The molecule has 2 aromatic rings. The first kappa shape index (κ1) is 18.2. The van der Waals surface area contributed by atoms with Crippen molar-refractivity contribution in [3.05, 3.63) is 64.4 Å². The molecule has 0 saturated heterocycles. The molecule has 0 unspecified atom stereocenters. The average Bonchev–Trinajstić information content (AvgIpc) is 2.63. The highest BCUT2D eigenvalue weighted by Crippen LogP contribution is 2.26. The van der Waals surface area contributed by atoms with Crippen LogP contribution >= 0.6 is 11.6 Å². The molecule has 0 radical (unpaired) electrons. The van der Waals surface area contributed by atoms with Crippen LogP contribution in [0.2, 0.25) is 5.02 Å². The third-order valence-corrected chi connectivity index (χ3v) is 4.64. The van der Waals surface area contributed by atoms with Crippen LogP contribution in [-0.4, -0.2) is 24.9 Å². The van der Waals surface area contributed by atoms with Gasteiger partial charge in [-0.3, -0.25) is 20.4 Å². The number of halogens is 2. The van der Waals surface area contributed by atoms with Gasteiger partial charge in [0.15, 0.2) is 0 Å². The van der Waals surface area contributed by atoms with Gasteiger partial charge in [-0.05, 0) is 36.6 Å². The summed E-state index contributed by atoms with van der Waals surface area (Å²) in [6.45, 7) is 0.918. The van der Waals surface area contributed by atoms with Crippen LogP contribution < -0.4 is 15.8 Å². The minimum Gasteiger partial charge on any atom is -0.362 e. The Bertz CT molecular complexity index is 808. The number of hydrogen-bond acceptors (Lipinski definition) is 3.